The van der Waals surface area contributed by atoms with E-state index in [0.717, 1.165) is 5.56 Å². The highest BCUT2D eigenvalue weighted by Crippen LogP contribution is 2.34. The molecule has 2 aliphatic heterocycles. The van der Waals surface area contributed by atoms with Gasteiger partial charge in [-0.15, -0.1) is 0 Å². The highest BCUT2D eigenvalue weighted by atomic mass is 32.2. The summed E-state index contributed by atoms with van der Waals surface area (Å²) < 4.78 is 43.5. The lowest BCUT2D eigenvalue weighted by molar-refractivity contribution is -0.145. The fourth-order valence-electron chi connectivity index (χ4n) is 3.78. The normalized spacial score (nSPS) is 16.7. The van der Waals surface area contributed by atoms with Crippen LogP contribution in [-0.2, 0) is 31.0 Å². The van der Waals surface area contributed by atoms with E-state index in [-0.39, 0.29) is 43.0 Å². The van der Waals surface area contributed by atoms with E-state index < -0.39 is 16.0 Å². The van der Waals surface area contributed by atoms with E-state index >= 15 is 0 Å². The van der Waals surface area contributed by atoms with Crippen molar-refractivity contribution >= 4 is 21.9 Å². The molecule has 2 aliphatic rings. The van der Waals surface area contributed by atoms with Crippen molar-refractivity contribution in [2.24, 2.45) is 5.92 Å². The van der Waals surface area contributed by atoms with E-state index in [2.05, 4.69) is 5.32 Å². The topological polar surface area (TPSA) is 111 Å². The minimum Gasteiger partial charge on any atom is -0.486 e. The van der Waals surface area contributed by atoms with Crippen LogP contribution in [0.2, 0.25) is 0 Å². The van der Waals surface area contributed by atoms with E-state index in [9.17, 15) is 18.0 Å². The Hall–Kier alpha value is -3.11. The number of nitrogens with one attached hydrogen (secondary N) is 1. The van der Waals surface area contributed by atoms with Gasteiger partial charge in [-0.1, -0.05) is 30.3 Å². The Morgan fingerprint density at radius 2 is 1.70 bits per heavy atom. The lowest BCUT2D eigenvalue weighted by Crippen LogP contribution is -2.44. The van der Waals surface area contributed by atoms with Crippen LogP contribution in [0, 0.1) is 5.92 Å². The third-order valence-corrected chi connectivity index (χ3v) is 7.52. The first-order chi connectivity index (χ1) is 15.9. The van der Waals surface area contributed by atoms with Crippen LogP contribution in [0.4, 0.5) is 0 Å². The molecule has 0 saturated carbocycles. The molecule has 176 valence electrons. The van der Waals surface area contributed by atoms with Gasteiger partial charge in [-0.05, 0) is 30.5 Å². The first kappa shape index (κ1) is 23.1. The fourth-order valence-corrected chi connectivity index (χ4v) is 5.27. The fraction of sp³-hybridized carbons (Fsp3) is 0.391. The molecule has 0 bridgehead atoms. The van der Waals surface area contributed by atoms with Gasteiger partial charge in [-0.25, -0.2) is 8.42 Å². The molecule has 0 unspecified atom stereocenters. The van der Waals surface area contributed by atoms with Gasteiger partial charge in [-0.2, -0.15) is 4.31 Å². The number of carbonyl (C=O) groups excluding carboxylic acids is 2. The number of hydrogen-bond donors (Lipinski definition) is 1. The minimum absolute atomic E-state index is 0.135. The van der Waals surface area contributed by atoms with Gasteiger partial charge >= 0.3 is 5.97 Å². The van der Waals surface area contributed by atoms with Crippen molar-refractivity contribution in [3.8, 4) is 11.5 Å². The summed E-state index contributed by atoms with van der Waals surface area (Å²) in [7, 11) is -3.71. The SMILES string of the molecule is O=C(CNC(=O)C1CCN(S(=O)(=O)c2ccc3c(c2)OCCO3)CC1)OCc1ccccc1. The smallest absolute Gasteiger partial charge is 0.325 e. The van der Waals surface area contributed by atoms with E-state index in [0.29, 0.717) is 37.6 Å². The highest BCUT2D eigenvalue weighted by Gasteiger charge is 2.33. The molecule has 1 fully saturated rings. The zero-order chi connectivity index (χ0) is 23.3. The number of benzene rings is 2. The lowest BCUT2D eigenvalue weighted by Gasteiger charge is -2.30. The van der Waals surface area contributed by atoms with Crippen molar-refractivity contribution in [2.75, 3.05) is 32.8 Å². The summed E-state index contributed by atoms with van der Waals surface area (Å²) in [6.07, 6.45) is 0.739. The van der Waals surface area contributed by atoms with Crippen LogP contribution in [0.5, 0.6) is 11.5 Å². The maximum Gasteiger partial charge on any atom is 0.325 e. The molecule has 0 radical (unpaired) electrons. The summed E-state index contributed by atoms with van der Waals surface area (Å²) in [5.74, 6) is -0.221. The zero-order valence-corrected chi connectivity index (χ0v) is 18.9. The average Bonchev–Trinajstić information content (AvgIpc) is 2.86. The second-order valence-corrected chi connectivity index (χ2v) is 9.79. The average molecular weight is 475 g/mol. The molecule has 4 rings (SSSR count). The predicted octanol–water partition coefficient (Wildman–Crippen LogP) is 1.72. The molecule has 1 saturated heterocycles. The molecule has 0 atom stereocenters. The van der Waals surface area contributed by atoms with Crippen molar-refractivity contribution < 1.29 is 32.2 Å². The van der Waals surface area contributed by atoms with Crippen LogP contribution in [0.25, 0.3) is 0 Å². The summed E-state index contributed by atoms with van der Waals surface area (Å²) in [5.41, 5.74) is 0.865. The van der Waals surface area contributed by atoms with Crippen LogP contribution < -0.4 is 14.8 Å². The van der Waals surface area contributed by atoms with Gasteiger partial charge in [0.1, 0.15) is 26.4 Å². The maximum absolute atomic E-state index is 13.0. The predicted molar refractivity (Wildman–Crippen MR) is 118 cm³/mol. The summed E-state index contributed by atoms with van der Waals surface area (Å²) in [4.78, 5) is 24.5. The quantitative estimate of drug-likeness (QED) is 0.608. The number of rotatable bonds is 7. The highest BCUT2D eigenvalue weighted by molar-refractivity contribution is 7.89. The number of piperidine rings is 1. The van der Waals surface area contributed by atoms with E-state index in [1.165, 1.54) is 16.4 Å². The van der Waals surface area contributed by atoms with Crippen molar-refractivity contribution in [3.05, 3.63) is 54.1 Å². The molecule has 0 aliphatic carbocycles. The molecule has 10 heteroatoms. The molecular weight excluding hydrogens is 448 g/mol. The number of esters is 1. The van der Waals surface area contributed by atoms with Gasteiger partial charge in [0.05, 0.1) is 4.90 Å². The number of sulfonamides is 1. The first-order valence-electron chi connectivity index (χ1n) is 10.8. The molecule has 1 amide bonds. The third kappa shape index (κ3) is 5.63. The van der Waals surface area contributed by atoms with Gasteiger partial charge in [0, 0.05) is 25.1 Å². The summed E-state index contributed by atoms with van der Waals surface area (Å²) in [5, 5.41) is 2.60. The number of fused-ring (bicyclic) bond motifs is 1. The van der Waals surface area contributed by atoms with Gasteiger partial charge in [0.15, 0.2) is 11.5 Å². The largest absolute Gasteiger partial charge is 0.486 e. The van der Waals surface area contributed by atoms with Crippen molar-refractivity contribution in [1.29, 1.82) is 0 Å². The van der Waals surface area contributed by atoms with Crippen molar-refractivity contribution in [2.45, 2.75) is 24.3 Å². The third-order valence-electron chi connectivity index (χ3n) is 5.63. The van der Waals surface area contributed by atoms with Crippen molar-refractivity contribution in [1.82, 2.24) is 9.62 Å². The molecule has 2 aromatic carbocycles. The second-order valence-electron chi connectivity index (χ2n) is 7.85. The van der Waals surface area contributed by atoms with Crippen LogP contribution >= 0.6 is 0 Å². The second kappa shape index (κ2) is 10.2. The Bertz CT molecular complexity index is 1100. The van der Waals surface area contributed by atoms with Crippen LogP contribution in [0.1, 0.15) is 18.4 Å². The molecule has 9 nitrogen and oxygen atoms in total. The summed E-state index contributed by atoms with van der Waals surface area (Å²) >= 11 is 0. The Kier molecular flexibility index (Phi) is 7.14. The van der Waals surface area contributed by atoms with Crippen LogP contribution in [0.3, 0.4) is 0 Å². The molecule has 0 spiro atoms. The van der Waals surface area contributed by atoms with Gasteiger partial charge in [0.25, 0.3) is 0 Å². The molecule has 2 heterocycles. The number of hydrogen-bond acceptors (Lipinski definition) is 7. The Morgan fingerprint density at radius 3 is 2.42 bits per heavy atom. The molecule has 33 heavy (non-hydrogen) atoms. The first-order valence-corrected chi connectivity index (χ1v) is 12.2. The zero-order valence-electron chi connectivity index (χ0n) is 18.1. The number of ether oxygens (including phenoxy) is 3. The molecule has 0 aromatic heterocycles. The Balaban J connectivity index is 1.25. The summed E-state index contributed by atoms with van der Waals surface area (Å²) in [6.45, 7) is 1.16. The lowest BCUT2D eigenvalue weighted by atomic mass is 9.97. The maximum atomic E-state index is 13.0. The van der Waals surface area contributed by atoms with E-state index in [1.54, 1.807) is 6.07 Å². The Morgan fingerprint density at radius 1 is 1.00 bits per heavy atom. The monoisotopic (exact) mass is 474 g/mol. The molecular formula is C23H26N2O7S. The van der Waals surface area contributed by atoms with Crippen molar-refractivity contribution in [3.63, 3.8) is 0 Å². The Labute approximate surface area is 192 Å². The summed E-state index contributed by atoms with van der Waals surface area (Å²) in [6, 6.07) is 13.8. The van der Waals surface area contributed by atoms with Gasteiger partial charge in [0.2, 0.25) is 15.9 Å². The van der Waals surface area contributed by atoms with Crippen LogP contribution in [0.15, 0.2) is 53.4 Å². The van der Waals surface area contributed by atoms with Crippen LogP contribution in [-0.4, -0.2) is 57.4 Å². The van der Waals surface area contributed by atoms with E-state index in [1.807, 2.05) is 30.3 Å². The number of carbonyl (C=O) groups is 2. The minimum atomic E-state index is -3.71. The standard InChI is InChI=1S/C23H26N2O7S/c26-22(32-16-17-4-2-1-3-5-17)15-24-23(27)18-8-10-25(11-9-18)33(28,29)19-6-7-20-21(14-19)31-13-12-30-20/h1-7,14,18H,8-13,15-16H2,(H,24,27). The number of nitrogens with zero attached hydrogens (tertiary/aromatic N) is 1. The number of amides is 1. The van der Waals surface area contributed by atoms with E-state index in [4.69, 9.17) is 14.2 Å². The molecule has 2 aromatic rings. The van der Waals surface area contributed by atoms with Gasteiger partial charge < -0.3 is 19.5 Å². The van der Waals surface area contributed by atoms with Gasteiger partial charge in [-0.3, -0.25) is 9.59 Å². The molecule has 1 N–H and O–H groups in total.